The van der Waals surface area contributed by atoms with E-state index in [1.165, 1.54) is 18.0 Å². The van der Waals surface area contributed by atoms with E-state index in [0.29, 0.717) is 20.6 Å². The first-order chi connectivity index (χ1) is 17.9. The summed E-state index contributed by atoms with van der Waals surface area (Å²) in [6.07, 6.45) is 1.21. The highest BCUT2D eigenvalue weighted by atomic mass is 35.5. The summed E-state index contributed by atoms with van der Waals surface area (Å²) in [5, 5.41) is 3.72. The van der Waals surface area contributed by atoms with Crippen molar-refractivity contribution in [3.8, 4) is 0 Å². The van der Waals surface area contributed by atoms with Gasteiger partial charge in [-0.3, -0.25) is 13.9 Å². The molecule has 0 aromatic heterocycles. The van der Waals surface area contributed by atoms with Gasteiger partial charge in [-0.1, -0.05) is 77.3 Å². The van der Waals surface area contributed by atoms with Gasteiger partial charge in [-0.05, 0) is 47.9 Å². The number of carbonyl (C=O) groups is 2. The third kappa shape index (κ3) is 7.63. The lowest BCUT2D eigenvalue weighted by atomic mass is 10.0. The van der Waals surface area contributed by atoms with E-state index in [-0.39, 0.29) is 18.7 Å². The Labute approximate surface area is 238 Å². The van der Waals surface area contributed by atoms with Crippen LogP contribution in [-0.2, 0) is 32.6 Å². The molecule has 0 spiro atoms. The number of sulfonamides is 1. The fraction of sp³-hybridized carbons (Fsp3) is 0.259. The zero-order valence-electron chi connectivity index (χ0n) is 21.1. The van der Waals surface area contributed by atoms with Gasteiger partial charge in [-0.25, -0.2) is 8.42 Å². The van der Waals surface area contributed by atoms with Gasteiger partial charge in [0.1, 0.15) is 12.6 Å². The van der Waals surface area contributed by atoms with E-state index in [1.807, 2.05) is 30.3 Å². The van der Waals surface area contributed by atoms with E-state index < -0.39 is 34.4 Å². The van der Waals surface area contributed by atoms with Crippen LogP contribution in [0.2, 0.25) is 15.1 Å². The van der Waals surface area contributed by atoms with Gasteiger partial charge in [-0.2, -0.15) is 0 Å². The number of anilines is 1. The first-order valence-corrected chi connectivity index (χ1v) is 14.6. The molecule has 1 N–H and O–H groups in total. The van der Waals surface area contributed by atoms with Gasteiger partial charge in [-0.15, -0.1) is 0 Å². The summed E-state index contributed by atoms with van der Waals surface area (Å²) in [6, 6.07) is 17.9. The molecule has 3 aromatic carbocycles. The Kier molecular flexibility index (Phi) is 10.1. The third-order valence-electron chi connectivity index (χ3n) is 6.00. The predicted molar refractivity (Wildman–Crippen MR) is 153 cm³/mol. The Balaban J connectivity index is 2.06. The minimum Gasteiger partial charge on any atom is -0.357 e. The highest BCUT2D eigenvalue weighted by Crippen LogP contribution is 2.27. The van der Waals surface area contributed by atoms with Crippen molar-refractivity contribution in [2.75, 3.05) is 24.2 Å². The number of halogens is 3. The largest absolute Gasteiger partial charge is 0.357 e. The molecular formula is C27H28Cl3N3O4S. The molecule has 0 aliphatic heterocycles. The molecule has 38 heavy (non-hydrogen) atoms. The van der Waals surface area contributed by atoms with E-state index in [4.69, 9.17) is 34.8 Å². The number of likely N-dealkylation sites (N-methyl/N-ethyl adjacent to an activating group) is 1. The lowest BCUT2D eigenvalue weighted by Crippen LogP contribution is -2.52. The van der Waals surface area contributed by atoms with Crippen molar-refractivity contribution >= 4 is 62.3 Å². The van der Waals surface area contributed by atoms with Gasteiger partial charge < -0.3 is 10.2 Å². The fourth-order valence-electron chi connectivity index (χ4n) is 3.90. The Morgan fingerprint density at radius 2 is 1.63 bits per heavy atom. The number of rotatable bonds is 10. The Morgan fingerprint density at radius 1 is 0.947 bits per heavy atom. The molecule has 2 amide bonds. The molecule has 3 rings (SSSR count). The van der Waals surface area contributed by atoms with E-state index in [9.17, 15) is 18.0 Å². The number of amides is 2. The fourth-order valence-corrected chi connectivity index (χ4v) is 5.39. The molecule has 7 nitrogen and oxygen atoms in total. The van der Waals surface area contributed by atoms with E-state index >= 15 is 0 Å². The van der Waals surface area contributed by atoms with Crippen molar-refractivity contribution in [3.05, 3.63) is 98.5 Å². The molecule has 0 aliphatic rings. The average Bonchev–Trinajstić information content (AvgIpc) is 2.87. The van der Waals surface area contributed by atoms with Crippen LogP contribution < -0.4 is 9.62 Å². The summed E-state index contributed by atoms with van der Waals surface area (Å²) in [5.41, 5.74) is 2.37. The molecule has 0 unspecified atom stereocenters. The summed E-state index contributed by atoms with van der Waals surface area (Å²) in [7, 11) is -2.41. The third-order valence-corrected chi connectivity index (χ3v) is 8.13. The zero-order valence-corrected chi connectivity index (χ0v) is 24.2. The summed E-state index contributed by atoms with van der Waals surface area (Å²) in [6.45, 7) is 1.19. The van der Waals surface area contributed by atoms with Crippen molar-refractivity contribution in [1.82, 2.24) is 10.2 Å². The Morgan fingerprint density at radius 3 is 2.21 bits per heavy atom. The second-order valence-corrected chi connectivity index (χ2v) is 11.9. The predicted octanol–water partition coefficient (Wildman–Crippen LogP) is 5.11. The molecular weight excluding hydrogens is 569 g/mol. The van der Waals surface area contributed by atoms with Crippen molar-refractivity contribution in [3.63, 3.8) is 0 Å². The first-order valence-electron chi connectivity index (χ1n) is 11.6. The Hall–Kier alpha value is -2.78. The molecule has 0 bridgehead atoms. The number of nitrogens with zero attached hydrogens (tertiary/aromatic N) is 2. The maximum absolute atomic E-state index is 13.9. The van der Waals surface area contributed by atoms with Crippen LogP contribution in [0.15, 0.2) is 66.7 Å². The van der Waals surface area contributed by atoms with Gasteiger partial charge in [0.25, 0.3) is 0 Å². The van der Waals surface area contributed by atoms with Crippen LogP contribution in [-0.4, -0.2) is 51.0 Å². The van der Waals surface area contributed by atoms with E-state index in [0.717, 1.165) is 21.7 Å². The lowest BCUT2D eigenvalue weighted by molar-refractivity contribution is -0.139. The minimum atomic E-state index is -3.89. The van der Waals surface area contributed by atoms with Crippen LogP contribution in [0.25, 0.3) is 0 Å². The van der Waals surface area contributed by atoms with Gasteiger partial charge in [0.15, 0.2) is 0 Å². The van der Waals surface area contributed by atoms with Gasteiger partial charge in [0.2, 0.25) is 21.8 Å². The average molecular weight is 597 g/mol. The molecule has 0 saturated heterocycles. The van der Waals surface area contributed by atoms with Crippen LogP contribution in [0.5, 0.6) is 0 Å². The molecule has 11 heteroatoms. The van der Waals surface area contributed by atoms with Crippen molar-refractivity contribution < 1.29 is 18.0 Å². The summed E-state index contributed by atoms with van der Waals surface area (Å²) in [4.78, 5) is 28.4. The standard InChI is InChI=1S/C27H28Cl3N3O4S/c1-18-9-12-22(15-23(18)29)33(38(3,36)37)17-26(34)32(16-20-10-11-21(28)14-24(20)30)25(27(35)31-2)13-19-7-5-4-6-8-19/h4-12,14-15,25H,13,16-17H2,1-3H3,(H,31,35)/t25-/m0/s1. The van der Waals surface area contributed by atoms with Gasteiger partial charge in [0, 0.05) is 35.1 Å². The molecule has 0 fully saturated rings. The number of carbonyl (C=O) groups excluding carboxylic acids is 2. The molecule has 0 heterocycles. The number of benzene rings is 3. The van der Waals surface area contributed by atoms with Crippen LogP contribution in [0.1, 0.15) is 16.7 Å². The van der Waals surface area contributed by atoms with Crippen LogP contribution in [0.3, 0.4) is 0 Å². The monoisotopic (exact) mass is 595 g/mol. The number of aryl methyl sites for hydroxylation is 1. The van der Waals surface area contributed by atoms with Crippen LogP contribution in [0.4, 0.5) is 5.69 Å². The molecule has 202 valence electrons. The SMILES string of the molecule is CNC(=O)[C@H](Cc1ccccc1)N(Cc1ccc(Cl)cc1Cl)C(=O)CN(c1ccc(C)c(Cl)c1)S(C)(=O)=O. The highest BCUT2D eigenvalue weighted by molar-refractivity contribution is 7.92. The summed E-state index contributed by atoms with van der Waals surface area (Å²) < 4.78 is 26.5. The van der Waals surface area contributed by atoms with E-state index in [2.05, 4.69) is 5.32 Å². The topological polar surface area (TPSA) is 86.8 Å². The minimum absolute atomic E-state index is 0.0496. The second-order valence-electron chi connectivity index (χ2n) is 8.78. The summed E-state index contributed by atoms with van der Waals surface area (Å²) in [5.74, 6) is -1.00. The summed E-state index contributed by atoms with van der Waals surface area (Å²) >= 11 is 18.7. The lowest BCUT2D eigenvalue weighted by Gasteiger charge is -2.33. The van der Waals surface area contributed by atoms with Crippen molar-refractivity contribution in [2.45, 2.75) is 25.9 Å². The number of hydrogen-bond acceptors (Lipinski definition) is 4. The zero-order chi connectivity index (χ0) is 28.0. The maximum Gasteiger partial charge on any atom is 0.244 e. The highest BCUT2D eigenvalue weighted by Gasteiger charge is 2.33. The van der Waals surface area contributed by atoms with E-state index in [1.54, 1.807) is 37.3 Å². The van der Waals surface area contributed by atoms with Crippen LogP contribution in [0, 0.1) is 6.92 Å². The molecule has 3 aromatic rings. The number of nitrogens with one attached hydrogen (secondary N) is 1. The van der Waals surface area contributed by atoms with Crippen LogP contribution >= 0.6 is 34.8 Å². The molecule has 1 atom stereocenters. The normalized spacial score (nSPS) is 12.1. The number of hydrogen-bond donors (Lipinski definition) is 1. The van der Waals surface area contributed by atoms with Gasteiger partial charge in [0.05, 0.1) is 11.9 Å². The smallest absolute Gasteiger partial charge is 0.244 e. The molecule has 0 aliphatic carbocycles. The maximum atomic E-state index is 13.9. The molecule has 0 radical (unpaired) electrons. The first kappa shape index (κ1) is 29.8. The molecule has 0 saturated carbocycles. The van der Waals surface area contributed by atoms with Gasteiger partial charge >= 0.3 is 0 Å². The van der Waals surface area contributed by atoms with Crippen molar-refractivity contribution in [2.24, 2.45) is 0 Å². The second kappa shape index (κ2) is 12.8. The van der Waals surface area contributed by atoms with Crippen molar-refractivity contribution in [1.29, 1.82) is 0 Å². The Bertz CT molecular complexity index is 1420. The quantitative estimate of drug-likeness (QED) is 0.353.